The predicted molar refractivity (Wildman–Crippen MR) is 128 cm³/mol. The van der Waals surface area contributed by atoms with Crippen LogP contribution in [0.15, 0.2) is 60.7 Å². The Morgan fingerprint density at radius 1 is 0.871 bits per heavy atom. The molecule has 31 heavy (non-hydrogen) atoms. The number of carbonyl (C=O) groups is 1. The first-order valence-corrected chi connectivity index (χ1v) is 11.9. The lowest BCUT2D eigenvalue weighted by atomic mass is 10.0. The number of nitrogens with zero attached hydrogens (tertiary/aromatic N) is 2. The molecule has 0 bridgehead atoms. The Balaban J connectivity index is 1.58. The van der Waals surface area contributed by atoms with Gasteiger partial charge in [-0.25, -0.2) is 4.79 Å². The maximum atomic E-state index is 11.9. The molecule has 162 valence electrons. The van der Waals surface area contributed by atoms with Crippen LogP contribution in [0.25, 0.3) is 21.7 Å². The molecule has 0 radical (unpaired) electrons. The quantitative estimate of drug-likeness (QED) is 0.138. The van der Waals surface area contributed by atoms with Gasteiger partial charge in [0.05, 0.1) is 0 Å². The van der Waals surface area contributed by atoms with E-state index in [0.717, 1.165) is 52.4 Å². The molecule has 0 aliphatic carbocycles. The Kier molecular flexibility index (Phi) is 8.98. The molecule has 5 heteroatoms. The van der Waals surface area contributed by atoms with Crippen LogP contribution in [0.5, 0.6) is 5.75 Å². The van der Waals surface area contributed by atoms with Crippen molar-refractivity contribution in [1.29, 1.82) is 0 Å². The summed E-state index contributed by atoms with van der Waals surface area (Å²) in [7, 11) is 0. The summed E-state index contributed by atoms with van der Waals surface area (Å²) in [5, 5.41) is 10.8. The van der Waals surface area contributed by atoms with Crippen molar-refractivity contribution < 1.29 is 9.53 Å². The highest BCUT2D eigenvalue weighted by atomic mass is 32.1. The summed E-state index contributed by atoms with van der Waals surface area (Å²) in [5.41, 5.74) is 3.26. The Labute approximate surface area is 189 Å². The van der Waals surface area contributed by atoms with Crippen LogP contribution in [0.4, 0.5) is 0 Å². The highest BCUT2D eigenvalue weighted by Gasteiger charge is 2.08. The first-order chi connectivity index (χ1) is 15.2. The largest absolute Gasteiger partial charge is 0.423 e. The van der Waals surface area contributed by atoms with E-state index in [1.54, 1.807) is 11.3 Å². The lowest BCUT2D eigenvalue weighted by Gasteiger charge is -2.05. The third kappa shape index (κ3) is 7.14. The van der Waals surface area contributed by atoms with Crippen molar-refractivity contribution in [2.24, 2.45) is 0 Å². The number of ether oxygens (including phenoxy) is 1. The molecule has 2 aromatic carbocycles. The third-order valence-corrected chi connectivity index (χ3v) is 6.01. The lowest BCUT2D eigenvalue weighted by molar-refractivity contribution is -0.129. The van der Waals surface area contributed by atoms with Crippen LogP contribution in [0.2, 0.25) is 0 Å². The van der Waals surface area contributed by atoms with Gasteiger partial charge in [-0.2, -0.15) is 0 Å². The number of allylic oxidation sites excluding steroid dienone is 1. The molecule has 0 fully saturated rings. The second kappa shape index (κ2) is 12.2. The molecule has 0 amide bonds. The number of aromatic nitrogens is 2. The van der Waals surface area contributed by atoms with E-state index in [9.17, 15) is 4.79 Å². The van der Waals surface area contributed by atoms with Gasteiger partial charge in [-0.3, -0.25) is 0 Å². The fourth-order valence-electron chi connectivity index (χ4n) is 3.17. The van der Waals surface area contributed by atoms with Gasteiger partial charge in [0.15, 0.2) is 0 Å². The molecule has 1 aromatic heterocycles. The average Bonchev–Trinajstić information content (AvgIpc) is 3.27. The summed E-state index contributed by atoms with van der Waals surface area (Å²) in [6, 6.07) is 15.9. The first kappa shape index (κ1) is 22.9. The number of aryl methyl sites for hydroxylation is 1. The SMILES string of the molecule is CCCCC=CC(=O)Oc1ccc(-c2ccc(-c3nnc(CCCCC)s3)cc2)cc1. The summed E-state index contributed by atoms with van der Waals surface area (Å²) in [5.74, 6) is 0.217. The standard InChI is InChI=1S/C26H30N2O2S/c1-3-5-7-9-11-25(29)30-23-18-16-21(17-19-23)20-12-14-22(15-13-20)26-28-27-24(31-26)10-8-6-4-2/h9,11-19H,3-8,10H2,1-2H3. The van der Waals surface area contributed by atoms with Crippen LogP contribution in [0.1, 0.15) is 57.4 Å². The molecule has 3 rings (SSSR count). The number of benzene rings is 2. The lowest BCUT2D eigenvalue weighted by Crippen LogP contribution is -2.03. The molecule has 0 spiro atoms. The number of unbranched alkanes of at least 4 members (excludes halogenated alkanes) is 4. The molecule has 0 saturated carbocycles. The number of carbonyl (C=O) groups excluding carboxylic acids is 1. The summed E-state index contributed by atoms with van der Waals surface area (Å²) < 4.78 is 5.36. The van der Waals surface area contributed by atoms with Crippen molar-refractivity contribution in [1.82, 2.24) is 10.2 Å². The van der Waals surface area contributed by atoms with E-state index in [1.807, 2.05) is 30.3 Å². The number of hydrogen-bond donors (Lipinski definition) is 0. The van der Waals surface area contributed by atoms with Crippen molar-refractivity contribution in [3.63, 3.8) is 0 Å². The van der Waals surface area contributed by atoms with Crippen LogP contribution >= 0.6 is 11.3 Å². The maximum absolute atomic E-state index is 11.9. The first-order valence-electron chi connectivity index (χ1n) is 11.1. The smallest absolute Gasteiger partial charge is 0.335 e. The topological polar surface area (TPSA) is 52.1 Å². The third-order valence-electron chi connectivity index (χ3n) is 4.98. The van der Waals surface area contributed by atoms with Crippen LogP contribution in [-0.4, -0.2) is 16.2 Å². The molecule has 4 nitrogen and oxygen atoms in total. The molecule has 0 unspecified atom stereocenters. The molecule has 0 atom stereocenters. The second-order valence-corrected chi connectivity index (χ2v) is 8.59. The van der Waals surface area contributed by atoms with E-state index < -0.39 is 0 Å². The average molecular weight is 435 g/mol. The van der Waals surface area contributed by atoms with E-state index in [4.69, 9.17) is 4.74 Å². The van der Waals surface area contributed by atoms with Gasteiger partial charge in [-0.1, -0.05) is 93.3 Å². The van der Waals surface area contributed by atoms with Crippen molar-refractivity contribution in [2.45, 2.75) is 58.8 Å². The van der Waals surface area contributed by atoms with Gasteiger partial charge in [0.2, 0.25) is 0 Å². The van der Waals surface area contributed by atoms with Gasteiger partial charge in [0.1, 0.15) is 15.8 Å². The maximum Gasteiger partial charge on any atom is 0.335 e. The van der Waals surface area contributed by atoms with Gasteiger partial charge >= 0.3 is 5.97 Å². The molecule has 1 heterocycles. The van der Waals surface area contributed by atoms with Crippen LogP contribution in [0, 0.1) is 0 Å². The second-order valence-electron chi connectivity index (χ2n) is 7.53. The monoisotopic (exact) mass is 434 g/mol. The van der Waals surface area contributed by atoms with Gasteiger partial charge in [-0.15, -0.1) is 10.2 Å². The van der Waals surface area contributed by atoms with Crippen molar-refractivity contribution in [3.05, 3.63) is 65.7 Å². The molecule has 0 aliphatic rings. The van der Waals surface area contributed by atoms with Crippen LogP contribution in [0.3, 0.4) is 0 Å². The van der Waals surface area contributed by atoms with Gasteiger partial charge in [-0.05, 0) is 36.1 Å². The highest BCUT2D eigenvalue weighted by molar-refractivity contribution is 7.14. The van der Waals surface area contributed by atoms with Crippen LogP contribution in [-0.2, 0) is 11.2 Å². The molecule has 0 saturated heterocycles. The summed E-state index contributed by atoms with van der Waals surface area (Å²) in [4.78, 5) is 11.9. The summed E-state index contributed by atoms with van der Waals surface area (Å²) in [6.45, 7) is 4.34. The molecular weight excluding hydrogens is 404 g/mol. The summed E-state index contributed by atoms with van der Waals surface area (Å²) in [6.07, 6.45) is 11.1. The van der Waals surface area contributed by atoms with Crippen molar-refractivity contribution in [2.75, 3.05) is 0 Å². The zero-order valence-electron chi connectivity index (χ0n) is 18.3. The van der Waals surface area contributed by atoms with E-state index in [2.05, 4.69) is 48.3 Å². The predicted octanol–water partition coefficient (Wildman–Crippen LogP) is 7.26. The fourth-order valence-corrected chi connectivity index (χ4v) is 4.06. The van der Waals surface area contributed by atoms with E-state index in [0.29, 0.717) is 5.75 Å². The van der Waals surface area contributed by atoms with Gasteiger partial charge in [0.25, 0.3) is 0 Å². The Morgan fingerprint density at radius 2 is 1.52 bits per heavy atom. The minimum atomic E-state index is -0.334. The molecule has 0 N–H and O–H groups in total. The van der Waals surface area contributed by atoms with E-state index in [-0.39, 0.29) is 5.97 Å². The van der Waals surface area contributed by atoms with Crippen molar-refractivity contribution in [3.8, 4) is 27.4 Å². The fraction of sp³-hybridized carbons (Fsp3) is 0.346. The highest BCUT2D eigenvalue weighted by Crippen LogP contribution is 2.28. The van der Waals surface area contributed by atoms with E-state index >= 15 is 0 Å². The Hall–Kier alpha value is -2.79. The normalized spacial score (nSPS) is 11.2. The van der Waals surface area contributed by atoms with Gasteiger partial charge in [0, 0.05) is 18.1 Å². The van der Waals surface area contributed by atoms with Gasteiger partial charge < -0.3 is 4.74 Å². The number of hydrogen-bond acceptors (Lipinski definition) is 5. The zero-order chi connectivity index (χ0) is 21.9. The number of rotatable bonds is 11. The minimum absolute atomic E-state index is 0.334. The van der Waals surface area contributed by atoms with Crippen molar-refractivity contribution >= 4 is 17.3 Å². The van der Waals surface area contributed by atoms with Crippen LogP contribution < -0.4 is 4.74 Å². The Morgan fingerprint density at radius 3 is 2.19 bits per heavy atom. The number of esters is 1. The molecular formula is C26H30N2O2S. The molecule has 0 aliphatic heterocycles. The Bertz CT molecular complexity index is 975. The minimum Gasteiger partial charge on any atom is -0.423 e. The zero-order valence-corrected chi connectivity index (χ0v) is 19.2. The molecule has 3 aromatic rings. The summed E-state index contributed by atoms with van der Waals surface area (Å²) >= 11 is 1.68. The van der Waals surface area contributed by atoms with E-state index in [1.165, 1.54) is 25.3 Å².